The van der Waals surface area contributed by atoms with Gasteiger partial charge < -0.3 is 14.5 Å². The highest BCUT2D eigenvalue weighted by Gasteiger charge is 2.26. The highest BCUT2D eigenvalue weighted by Crippen LogP contribution is 2.21. The van der Waals surface area contributed by atoms with Gasteiger partial charge in [0, 0.05) is 41.9 Å². The number of benzene rings is 2. The van der Waals surface area contributed by atoms with Crippen molar-refractivity contribution in [2.75, 3.05) is 31.1 Å². The molecule has 132 valence electrons. The van der Waals surface area contributed by atoms with E-state index in [9.17, 15) is 4.79 Å². The quantitative estimate of drug-likeness (QED) is 0.802. The molecule has 0 unspecified atom stereocenters. The zero-order chi connectivity index (χ0) is 17.8. The van der Waals surface area contributed by atoms with Crippen LogP contribution in [0.15, 0.2) is 48.5 Å². The number of piperazine rings is 1. The fourth-order valence-electron chi connectivity index (χ4n) is 2.88. The van der Waals surface area contributed by atoms with Gasteiger partial charge in [0.2, 0.25) is 0 Å². The average molecular weight is 379 g/mol. The molecule has 25 heavy (non-hydrogen) atoms. The number of hydrogen-bond acceptors (Lipinski definition) is 3. The van der Waals surface area contributed by atoms with Crippen molar-refractivity contribution in [3.8, 4) is 5.75 Å². The highest BCUT2D eigenvalue weighted by molar-refractivity contribution is 6.31. The molecule has 2 aromatic rings. The topological polar surface area (TPSA) is 32.8 Å². The molecule has 0 N–H and O–H groups in total. The zero-order valence-electron chi connectivity index (χ0n) is 14.0. The van der Waals surface area contributed by atoms with Crippen molar-refractivity contribution in [1.29, 1.82) is 0 Å². The Morgan fingerprint density at radius 3 is 2.32 bits per heavy atom. The highest BCUT2D eigenvalue weighted by atomic mass is 35.5. The van der Waals surface area contributed by atoms with Crippen molar-refractivity contribution in [3.05, 3.63) is 58.6 Å². The molecular weight excluding hydrogens is 359 g/mol. The molecule has 3 rings (SSSR count). The lowest BCUT2D eigenvalue weighted by Gasteiger charge is -2.37. The monoisotopic (exact) mass is 378 g/mol. The van der Waals surface area contributed by atoms with Crippen molar-refractivity contribution in [3.63, 3.8) is 0 Å². The molecule has 0 aromatic heterocycles. The first-order valence-electron chi connectivity index (χ1n) is 8.24. The van der Waals surface area contributed by atoms with Crippen LogP contribution in [0.5, 0.6) is 5.75 Å². The maximum Gasteiger partial charge on any atom is 0.263 e. The summed E-state index contributed by atoms with van der Waals surface area (Å²) in [6, 6.07) is 14.8. The second-order valence-electron chi connectivity index (χ2n) is 6.01. The number of anilines is 1. The van der Waals surface area contributed by atoms with Gasteiger partial charge >= 0.3 is 0 Å². The maximum absolute atomic E-state index is 12.6. The number of rotatable bonds is 4. The number of hydrogen-bond donors (Lipinski definition) is 0. The minimum absolute atomic E-state index is 0.000643. The lowest BCUT2D eigenvalue weighted by molar-refractivity contribution is -0.138. The van der Waals surface area contributed by atoms with Crippen molar-refractivity contribution in [2.45, 2.75) is 13.0 Å². The van der Waals surface area contributed by atoms with E-state index in [1.54, 1.807) is 31.2 Å². The predicted molar refractivity (Wildman–Crippen MR) is 102 cm³/mol. The van der Waals surface area contributed by atoms with Crippen LogP contribution < -0.4 is 9.64 Å². The molecule has 0 bridgehead atoms. The maximum atomic E-state index is 12.6. The molecule has 0 saturated carbocycles. The first kappa shape index (κ1) is 17.9. The molecule has 0 radical (unpaired) electrons. The van der Waals surface area contributed by atoms with Gasteiger partial charge in [-0.15, -0.1) is 0 Å². The van der Waals surface area contributed by atoms with Crippen LogP contribution in [-0.2, 0) is 4.79 Å². The van der Waals surface area contributed by atoms with Crippen LogP contribution in [0.1, 0.15) is 6.92 Å². The van der Waals surface area contributed by atoms with Gasteiger partial charge in [0.1, 0.15) is 5.75 Å². The van der Waals surface area contributed by atoms with Crippen molar-refractivity contribution in [2.24, 2.45) is 0 Å². The van der Waals surface area contributed by atoms with E-state index in [2.05, 4.69) is 4.90 Å². The Morgan fingerprint density at radius 1 is 1.00 bits per heavy atom. The summed E-state index contributed by atoms with van der Waals surface area (Å²) >= 11 is 11.9. The molecule has 0 aliphatic carbocycles. The molecule has 1 fully saturated rings. The summed E-state index contributed by atoms with van der Waals surface area (Å²) in [7, 11) is 0. The summed E-state index contributed by atoms with van der Waals surface area (Å²) in [6.45, 7) is 4.67. The van der Waals surface area contributed by atoms with E-state index in [1.165, 1.54) is 0 Å². The second-order valence-corrected chi connectivity index (χ2v) is 6.88. The molecule has 1 aliphatic heterocycles. The third kappa shape index (κ3) is 4.59. The van der Waals surface area contributed by atoms with E-state index >= 15 is 0 Å². The molecule has 1 aliphatic rings. The number of carbonyl (C=O) groups is 1. The third-order valence-electron chi connectivity index (χ3n) is 4.24. The van der Waals surface area contributed by atoms with E-state index in [4.69, 9.17) is 27.9 Å². The fourth-order valence-corrected chi connectivity index (χ4v) is 3.19. The number of nitrogens with zero attached hydrogens (tertiary/aromatic N) is 2. The lowest BCUT2D eigenvalue weighted by Crippen LogP contribution is -2.52. The molecule has 2 aromatic carbocycles. The Morgan fingerprint density at radius 2 is 1.68 bits per heavy atom. The van der Waals surface area contributed by atoms with Crippen LogP contribution in [0.2, 0.25) is 10.0 Å². The first-order valence-corrected chi connectivity index (χ1v) is 9.00. The smallest absolute Gasteiger partial charge is 0.263 e. The summed E-state index contributed by atoms with van der Waals surface area (Å²) < 4.78 is 5.73. The predicted octanol–water partition coefficient (Wildman–Crippen LogP) is 4.11. The minimum atomic E-state index is -0.529. The Bertz CT molecular complexity index is 728. The molecule has 1 amide bonds. The fraction of sp³-hybridized carbons (Fsp3) is 0.316. The minimum Gasteiger partial charge on any atom is -0.481 e. The van der Waals surface area contributed by atoms with E-state index in [-0.39, 0.29) is 5.91 Å². The molecule has 1 atom stereocenters. The summed E-state index contributed by atoms with van der Waals surface area (Å²) in [5, 5.41) is 1.37. The third-order valence-corrected chi connectivity index (χ3v) is 4.73. The normalized spacial score (nSPS) is 15.8. The molecular formula is C19H20Cl2N2O2. The number of amides is 1. The van der Waals surface area contributed by atoms with E-state index < -0.39 is 6.10 Å². The van der Waals surface area contributed by atoms with Crippen molar-refractivity contribution < 1.29 is 9.53 Å². The van der Waals surface area contributed by atoms with E-state index in [0.717, 1.165) is 23.8 Å². The lowest BCUT2D eigenvalue weighted by atomic mass is 10.2. The Kier molecular flexibility index (Phi) is 5.71. The van der Waals surface area contributed by atoms with Crippen LogP contribution in [0.3, 0.4) is 0 Å². The van der Waals surface area contributed by atoms with Crippen molar-refractivity contribution >= 4 is 34.8 Å². The van der Waals surface area contributed by atoms with E-state index in [0.29, 0.717) is 23.9 Å². The number of ether oxygens (including phenoxy) is 1. The molecule has 1 saturated heterocycles. The Labute approximate surface area is 157 Å². The SMILES string of the molecule is C[C@@H](Oc1ccc(Cl)cc1)C(=O)N1CCN(c2cccc(Cl)c2)CC1. The van der Waals surface area contributed by atoms with Gasteiger partial charge in [-0.25, -0.2) is 0 Å². The van der Waals surface area contributed by atoms with Gasteiger partial charge in [0.25, 0.3) is 5.91 Å². The van der Waals surface area contributed by atoms with Gasteiger partial charge in [0.05, 0.1) is 0 Å². The molecule has 0 spiro atoms. The summed E-state index contributed by atoms with van der Waals surface area (Å²) in [4.78, 5) is 16.7. The van der Waals surface area contributed by atoms with Gasteiger partial charge in [-0.1, -0.05) is 29.3 Å². The van der Waals surface area contributed by atoms with Crippen molar-refractivity contribution in [1.82, 2.24) is 4.90 Å². The standard InChI is InChI=1S/C19H20Cl2N2O2/c1-14(25-18-7-5-15(20)6-8-18)19(24)23-11-9-22(10-12-23)17-4-2-3-16(21)13-17/h2-8,13-14H,9-12H2,1H3/t14-/m1/s1. The van der Waals surface area contributed by atoms with Crippen LogP contribution in [0.4, 0.5) is 5.69 Å². The van der Waals surface area contributed by atoms with E-state index in [1.807, 2.05) is 29.2 Å². The molecule has 1 heterocycles. The van der Waals surface area contributed by atoms with Crippen LogP contribution >= 0.6 is 23.2 Å². The first-order chi connectivity index (χ1) is 12.0. The summed E-state index contributed by atoms with van der Waals surface area (Å²) in [5.41, 5.74) is 1.09. The Balaban J connectivity index is 1.54. The van der Waals surface area contributed by atoms with Crippen LogP contribution in [0, 0.1) is 0 Å². The average Bonchev–Trinajstić information content (AvgIpc) is 2.63. The zero-order valence-corrected chi connectivity index (χ0v) is 15.5. The van der Waals surface area contributed by atoms with Gasteiger partial charge in [-0.2, -0.15) is 0 Å². The second kappa shape index (κ2) is 7.98. The molecule has 6 heteroatoms. The van der Waals surface area contributed by atoms with Gasteiger partial charge in [0.15, 0.2) is 6.10 Å². The van der Waals surface area contributed by atoms with Crippen LogP contribution in [0.25, 0.3) is 0 Å². The molecule has 4 nitrogen and oxygen atoms in total. The number of carbonyl (C=O) groups excluding carboxylic acids is 1. The van der Waals surface area contributed by atoms with Gasteiger partial charge in [-0.05, 0) is 49.4 Å². The van der Waals surface area contributed by atoms with Gasteiger partial charge in [-0.3, -0.25) is 4.79 Å². The summed E-state index contributed by atoms with van der Waals surface area (Å²) in [5.74, 6) is 0.642. The summed E-state index contributed by atoms with van der Waals surface area (Å²) in [6.07, 6.45) is -0.529. The van der Waals surface area contributed by atoms with Crippen LogP contribution in [-0.4, -0.2) is 43.1 Å². The largest absolute Gasteiger partial charge is 0.481 e. The Hall–Kier alpha value is -1.91. The number of halogens is 2.